The first-order chi connectivity index (χ1) is 19.2. The minimum atomic E-state index is -9.86. The van der Waals surface area contributed by atoms with E-state index >= 15 is 0 Å². The summed E-state index contributed by atoms with van der Waals surface area (Å²) in [6, 6.07) is 0. The average Bonchev–Trinajstić information content (AvgIpc) is 2.79. The molecule has 0 heterocycles. The molecule has 0 radical (unpaired) electrons. The molecule has 0 aromatic carbocycles. The molecule has 46 heavy (non-hydrogen) atoms. The summed E-state index contributed by atoms with van der Waals surface area (Å²) in [6.45, 7) is 0. The molecule has 0 aromatic heterocycles. The lowest BCUT2D eigenvalue weighted by Crippen LogP contribution is -2.79. The van der Waals surface area contributed by atoms with Crippen LogP contribution in [0.5, 0.6) is 0 Å². The Kier molecular flexibility index (Phi) is 9.74. The van der Waals surface area contributed by atoms with Gasteiger partial charge in [0.05, 0.1) is 0 Å². The smallest absolute Gasteiger partial charge is 0.288 e. The largest absolute Gasteiger partial charge is 0.460 e. The van der Waals surface area contributed by atoms with E-state index in [2.05, 4.69) is 0 Å². The van der Waals surface area contributed by atoms with Crippen LogP contribution in [-0.2, 0) is 4.79 Å². The molecule has 0 N–H and O–H groups in total. The fraction of sp³-hybridized carbons (Fsp3) is 0.933. The van der Waals surface area contributed by atoms with Crippen LogP contribution < -0.4 is 0 Å². The van der Waals surface area contributed by atoms with Gasteiger partial charge in [0, 0.05) is 0 Å². The molecule has 31 heteroatoms. The van der Waals surface area contributed by atoms with E-state index < -0.39 is 89.2 Å². The summed E-state index contributed by atoms with van der Waals surface area (Å²) >= 11 is 0. The van der Waals surface area contributed by atoms with Gasteiger partial charge in [-0.25, -0.2) is 4.39 Å². The molecule has 0 aliphatic carbocycles. The molecule has 0 amide bonds. The number of ketones is 1. The highest BCUT2D eigenvalue weighted by molar-refractivity contribution is 5.96. The molecule has 1 nitrogen and oxygen atoms in total. The van der Waals surface area contributed by atoms with Gasteiger partial charge in [-0.15, -0.1) is 0 Å². The van der Waals surface area contributed by atoms with E-state index in [0.717, 1.165) is 0 Å². The summed E-state index contributed by atoms with van der Waals surface area (Å²) in [5.74, 6) is -102. The Morgan fingerprint density at radius 3 is 0.652 bits per heavy atom. The predicted molar refractivity (Wildman–Crippen MR) is 76.5 cm³/mol. The molecule has 0 bridgehead atoms. The number of Topliss-reactive ketones (excluding diaryl/α,β-unsaturated/α-hetero) is 1. The van der Waals surface area contributed by atoms with Gasteiger partial charge in [0.15, 0.2) is 0 Å². The van der Waals surface area contributed by atoms with Crippen LogP contribution in [0.4, 0.5) is 132 Å². The summed E-state index contributed by atoms with van der Waals surface area (Å²) < 4.78 is 392. The summed E-state index contributed by atoms with van der Waals surface area (Å²) in [7, 11) is 0. The second-order valence-electron chi connectivity index (χ2n) is 8.22. The minimum Gasteiger partial charge on any atom is -0.288 e. The number of hydrogen-bond acceptors (Lipinski definition) is 1. The van der Waals surface area contributed by atoms with Crippen molar-refractivity contribution in [3.63, 3.8) is 0 Å². The van der Waals surface area contributed by atoms with E-state index in [9.17, 15) is 137 Å². The van der Waals surface area contributed by atoms with Gasteiger partial charge in [-0.05, 0) is 0 Å². The van der Waals surface area contributed by atoms with Gasteiger partial charge < -0.3 is 0 Å². The molecule has 0 rings (SSSR count). The van der Waals surface area contributed by atoms with E-state index in [-0.39, 0.29) is 0 Å². The number of rotatable bonds is 11. The molecule has 1 atom stereocenters. The normalized spacial score (nSPS) is 18.0. The van der Waals surface area contributed by atoms with Crippen LogP contribution in [0.25, 0.3) is 0 Å². The van der Waals surface area contributed by atoms with Crippen molar-refractivity contribution in [3.8, 4) is 0 Å². The van der Waals surface area contributed by atoms with Gasteiger partial charge in [-0.3, -0.25) is 4.79 Å². The first-order valence-corrected chi connectivity index (χ1v) is 9.37. The molecular weight excluding hydrogens is 766 g/mol. The Labute approximate surface area is 227 Å². The second kappa shape index (κ2) is 10.3. The third kappa shape index (κ3) is 4.95. The lowest BCUT2D eigenvalue weighted by atomic mass is 9.78. The Morgan fingerprint density at radius 1 is 0.239 bits per heavy atom. The van der Waals surface area contributed by atoms with E-state index in [4.69, 9.17) is 0 Å². The highest BCUT2D eigenvalue weighted by Gasteiger charge is 2.99. The molecule has 0 saturated carbocycles. The molecule has 0 aromatic rings. The van der Waals surface area contributed by atoms with Gasteiger partial charge in [0.25, 0.3) is 5.78 Å². The topological polar surface area (TPSA) is 17.1 Å². The fourth-order valence-electron chi connectivity index (χ4n) is 2.56. The Hall–Kier alpha value is -2.43. The van der Waals surface area contributed by atoms with Crippen molar-refractivity contribution in [2.45, 2.75) is 83.4 Å². The first-order valence-electron chi connectivity index (χ1n) is 9.37. The third-order valence-electron chi connectivity index (χ3n) is 5.29. The van der Waals surface area contributed by atoms with Crippen LogP contribution >= 0.6 is 0 Å². The lowest BCUT2D eigenvalue weighted by Gasteiger charge is -2.44. The molecule has 0 saturated heterocycles. The first kappa shape index (κ1) is 43.6. The maximum absolute atomic E-state index is 14.2. The Bertz CT molecular complexity index is 1140. The zero-order valence-corrected chi connectivity index (χ0v) is 19.2. The van der Waals surface area contributed by atoms with E-state index in [1.165, 1.54) is 0 Å². The van der Waals surface area contributed by atoms with Crippen LogP contribution in [0.1, 0.15) is 0 Å². The highest BCUT2D eigenvalue weighted by Crippen LogP contribution is 2.66. The second-order valence-corrected chi connectivity index (χ2v) is 8.22. The van der Waals surface area contributed by atoms with E-state index in [0.29, 0.717) is 0 Å². The van der Waals surface area contributed by atoms with Gasteiger partial charge >= 0.3 is 83.4 Å². The molecule has 0 aliphatic heterocycles. The number of halogens is 30. The number of carbonyl (C=O) groups is 1. The lowest BCUT2D eigenvalue weighted by molar-refractivity contribution is -0.453. The summed E-state index contributed by atoms with van der Waals surface area (Å²) in [4.78, 5) is 11.1. The van der Waals surface area contributed by atoms with Crippen molar-refractivity contribution in [2.75, 3.05) is 0 Å². The Morgan fingerprint density at radius 2 is 0.435 bits per heavy atom. The average molecular weight is 766 g/mol. The third-order valence-corrected chi connectivity index (χ3v) is 5.29. The van der Waals surface area contributed by atoms with E-state index in [1.54, 1.807) is 0 Å². The molecule has 0 aliphatic rings. The van der Waals surface area contributed by atoms with E-state index in [1.807, 2.05) is 0 Å². The molecular formula is C15F30O. The van der Waals surface area contributed by atoms with Crippen molar-refractivity contribution in [1.82, 2.24) is 0 Å². The summed E-state index contributed by atoms with van der Waals surface area (Å²) in [5, 5.41) is 0. The van der Waals surface area contributed by atoms with Crippen molar-refractivity contribution >= 4 is 5.78 Å². The van der Waals surface area contributed by atoms with Gasteiger partial charge in [-0.2, -0.15) is 127 Å². The van der Waals surface area contributed by atoms with Crippen LogP contribution in [0, 0.1) is 0 Å². The molecule has 0 fully saturated rings. The minimum absolute atomic E-state index is 7.03. The maximum atomic E-state index is 14.2. The number of carbonyl (C=O) groups excluding carboxylic acids is 1. The summed E-state index contributed by atoms with van der Waals surface area (Å²) in [6.07, 6.45) is -25.9. The monoisotopic (exact) mass is 766 g/mol. The zero-order chi connectivity index (χ0) is 38.6. The van der Waals surface area contributed by atoms with Crippen molar-refractivity contribution in [2.24, 2.45) is 0 Å². The van der Waals surface area contributed by atoms with Crippen molar-refractivity contribution < 1.29 is 137 Å². The fourth-order valence-corrected chi connectivity index (χ4v) is 2.56. The highest BCUT2D eigenvalue weighted by atomic mass is 19.4. The number of hydrogen-bond donors (Lipinski definition) is 0. The molecule has 276 valence electrons. The van der Waals surface area contributed by atoms with Gasteiger partial charge in [0.2, 0.25) is 0 Å². The van der Waals surface area contributed by atoms with Crippen molar-refractivity contribution in [1.29, 1.82) is 0 Å². The molecule has 1 unspecified atom stereocenters. The standard InChI is InChI=1S/C15F30O/c16-2(13(37,38)39,4(19,20)6(23,24)9(29,30)11(33,34)14(40,41)42)1(46)3(17,18)5(21,22)7(25,26)8(27,28)10(31,32)12(35,36)15(43,44)45. The SMILES string of the molecule is O=C(C(F)(F)C(F)(F)C(F)(F)C(F)(F)C(F)(F)C(F)(F)C(F)(F)F)C(F)(C(F)(F)F)C(F)(F)C(F)(F)C(F)(F)C(F)(F)C(F)(F)F. The zero-order valence-electron chi connectivity index (χ0n) is 19.2. The summed E-state index contributed by atoms with van der Waals surface area (Å²) in [5.41, 5.74) is -9.72. The Balaban J connectivity index is 7.83. The predicted octanol–water partition coefficient (Wildman–Crippen LogP) is 9.30. The quantitative estimate of drug-likeness (QED) is 0.192. The van der Waals surface area contributed by atoms with Crippen molar-refractivity contribution in [3.05, 3.63) is 0 Å². The number of alkyl halides is 30. The maximum Gasteiger partial charge on any atom is 0.460 e. The van der Waals surface area contributed by atoms with Crippen LogP contribution in [-0.4, -0.2) is 89.2 Å². The van der Waals surface area contributed by atoms with Gasteiger partial charge in [0.1, 0.15) is 0 Å². The molecule has 0 spiro atoms. The van der Waals surface area contributed by atoms with Crippen LogP contribution in [0.15, 0.2) is 0 Å². The van der Waals surface area contributed by atoms with Crippen LogP contribution in [0.2, 0.25) is 0 Å². The van der Waals surface area contributed by atoms with Gasteiger partial charge in [-0.1, -0.05) is 0 Å². The van der Waals surface area contributed by atoms with Crippen LogP contribution in [0.3, 0.4) is 0 Å².